The molecule has 0 atom stereocenters. The highest BCUT2D eigenvalue weighted by Gasteiger charge is 2.24. The molecule has 0 aromatic heterocycles. The Morgan fingerprint density at radius 2 is 1.96 bits per heavy atom. The average Bonchev–Trinajstić information content (AvgIpc) is 2.70. The fourth-order valence-corrected chi connectivity index (χ4v) is 3.96. The number of nitrogens with zero attached hydrogens (tertiary/aromatic N) is 1. The van der Waals surface area contributed by atoms with Crippen molar-refractivity contribution in [2.45, 2.75) is 24.8 Å². The summed E-state index contributed by atoms with van der Waals surface area (Å²) in [6.45, 7) is 4.31. The first-order chi connectivity index (χ1) is 13.5. The van der Waals surface area contributed by atoms with E-state index in [1.807, 2.05) is 38.1 Å². The minimum absolute atomic E-state index is 0.0450. The van der Waals surface area contributed by atoms with Crippen LogP contribution in [-0.2, 0) is 4.79 Å². The maximum Gasteiger partial charge on any atom is 0.258 e. The van der Waals surface area contributed by atoms with Gasteiger partial charge in [-0.15, -0.1) is 11.8 Å². The van der Waals surface area contributed by atoms with Gasteiger partial charge in [-0.1, -0.05) is 12.1 Å². The van der Waals surface area contributed by atoms with E-state index in [1.165, 1.54) is 7.11 Å². The van der Waals surface area contributed by atoms with Gasteiger partial charge < -0.3 is 19.7 Å². The van der Waals surface area contributed by atoms with Crippen LogP contribution >= 0.6 is 11.8 Å². The van der Waals surface area contributed by atoms with Crippen molar-refractivity contribution in [1.29, 1.82) is 0 Å². The summed E-state index contributed by atoms with van der Waals surface area (Å²) >= 11 is 1.75. The van der Waals surface area contributed by atoms with Gasteiger partial charge in [0.2, 0.25) is 0 Å². The Hall–Kier alpha value is -2.67. The van der Waals surface area contributed by atoms with Crippen LogP contribution in [0.15, 0.2) is 47.4 Å². The Balaban J connectivity index is 1.77. The molecule has 148 valence electrons. The van der Waals surface area contributed by atoms with E-state index < -0.39 is 0 Å². The molecule has 2 amide bonds. The van der Waals surface area contributed by atoms with Crippen molar-refractivity contribution in [3.8, 4) is 11.5 Å². The molecular weight excluding hydrogens is 376 g/mol. The van der Waals surface area contributed by atoms with Crippen LogP contribution in [-0.4, -0.2) is 43.9 Å². The number of hydrogen-bond acceptors (Lipinski definition) is 5. The van der Waals surface area contributed by atoms with E-state index in [9.17, 15) is 9.59 Å². The Morgan fingerprint density at radius 3 is 2.71 bits per heavy atom. The second-order valence-electron chi connectivity index (χ2n) is 6.65. The van der Waals surface area contributed by atoms with Crippen molar-refractivity contribution in [2.24, 2.45) is 0 Å². The van der Waals surface area contributed by atoms with E-state index in [-0.39, 0.29) is 24.5 Å². The van der Waals surface area contributed by atoms with Gasteiger partial charge in [0, 0.05) is 28.8 Å². The highest BCUT2D eigenvalue weighted by atomic mass is 32.2. The molecule has 2 aromatic carbocycles. The average molecular weight is 401 g/mol. The molecule has 1 heterocycles. The number of rotatable bonds is 6. The van der Waals surface area contributed by atoms with E-state index in [0.717, 1.165) is 16.3 Å². The highest BCUT2D eigenvalue weighted by molar-refractivity contribution is 7.99. The van der Waals surface area contributed by atoms with Crippen molar-refractivity contribution < 1.29 is 19.1 Å². The molecule has 3 rings (SSSR count). The first-order valence-electron chi connectivity index (χ1n) is 9.13. The molecule has 0 saturated carbocycles. The van der Waals surface area contributed by atoms with Crippen molar-refractivity contribution in [2.75, 3.05) is 30.9 Å². The van der Waals surface area contributed by atoms with Gasteiger partial charge in [0.25, 0.3) is 11.8 Å². The van der Waals surface area contributed by atoms with E-state index in [0.29, 0.717) is 23.6 Å². The molecule has 1 N–H and O–H groups in total. The second-order valence-corrected chi connectivity index (χ2v) is 7.79. The Labute approximate surface area is 169 Å². The molecule has 0 unspecified atom stereocenters. The van der Waals surface area contributed by atoms with Gasteiger partial charge in [-0.25, -0.2) is 0 Å². The third-order valence-electron chi connectivity index (χ3n) is 4.19. The molecule has 0 saturated heterocycles. The van der Waals surface area contributed by atoms with Gasteiger partial charge in [0.05, 0.1) is 12.8 Å². The molecule has 1 aliphatic heterocycles. The van der Waals surface area contributed by atoms with E-state index in [1.54, 1.807) is 34.9 Å². The number of anilines is 1. The third kappa shape index (κ3) is 4.59. The maximum atomic E-state index is 13.1. The lowest BCUT2D eigenvalue weighted by atomic mass is 10.1. The molecule has 28 heavy (non-hydrogen) atoms. The van der Waals surface area contributed by atoms with Gasteiger partial charge in [-0.2, -0.15) is 0 Å². The van der Waals surface area contributed by atoms with Crippen molar-refractivity contribution in [3.63, 3.8) is 0 Å². The second kappa shape index (κ2) is 9.01. The molecule has 7 heteroatoms. The number of para-hydroxylation sites is 1. The summed E-state index contributed by atoms with van der Waals surface area (Å²) in [6.07, 6.45) is 0. The summed E-state index contributed by atoms with van der Waals surface area (Å²) in [5.74, 6) is 1.40. The molecule has 1 aliphatic rings. The molecular formula is C21H24N2O4S. The summed E-state index contributed by atoms with van der Waals surface area (Å²) in [4.78, 5) is 27.8. The number of fused-ring (bicyclic) bond motifs is 1. The lowest BCUT2D eigenvalue weighted by molar-refractivity contribution is -0.123. The molecule has 6 nitrogen and oxygen atoms in total. The van der Waals surface area contributed by atoms with Crippen LogP contribution in [0.4, 0.5) is 5.69 Å². The zero-order chi connectivity index (χ0) is 20.1. The molecule has 0 spiro atoms. The van der Waals surface area contributed by atoms with Crippen LogP contribution in [0.2, 0.25) is 0 Å². The number of ether oxygens (including phenoxy) is 2. The third-order valence-corrected chi connectivity index (χ3v) is 5.24. The van der Waals surface area contributed by atoms with Crippen LogP contribution < -0.4 is 19.7 Å². The largest absolute Gasteiger partial charge is 0.493 e. The molecule has 0 aliphatic carbocycles. The van der Waals surface area contributed by atoms with E-state index >= 15 is 0 Å². The first kappa shape index (κ1) is 20.1. The van der Waals surface area contributed by atoms with Gasteiger partial charge in [0.1, 0.15) is 0 Å². The quantitative estimate of drug-likeness (QED) is 0.805. The van der Waals surface area contributed by atoms with Crippen LogP contribution in [0.25, 0.3) is 0 Å². The summed E-state index contributed by atoms with van der Waals surface area (Å²) in [5.41, 5.74) is 1.44. The zero-order valence-electron chi connectivity index (χ0n) is 16.2. The first-order valence-corrected chi connectivity index (χ1v) is 10.1. The predicted octanol–water partition coefficient (Wildman–Crippen LogP) is 3.35. The number of hydrogen-bond donors (Lipinski definition) is 1. The summed E-state index contributed by atoms with van der Waals surface area (Å²) in [6, 6.07) is 13.0. The highest BCUT2D eigenvalue weighted by Crippen LogP contribution is 2.36. The number of carbonyl (C=O) groups excluding carboxylic acids is 2. The Kier molecular flexibility index (Phi) is 6.46. The van der Waals surface area contributed by atoms with Crippen molar-refractivity contribution >= 4 is 29.3 Å². The predicted molar refractivity (Wildman–Crippen MR) is 111 cm³/mol. The number of carbonyl (C=O) groups is 2. The van der Waals surface area contributed by atoms with Gasteiger partial charge in [-0.3, -0.25) is 9.59 Å². The van der Waals surface area contributed by atoms with Crippen LogP contribution in [0, 0.1) is 0 Å². The smallest absolute Gasteiger partial charge is 0.258 e. The zero-order valence-corrected chi connectivity index (χ0v) is 17.0. The van der Waals surface area contributed by atoms with Crippen LogP contribution in [0.3, 0.4) is 0 Å². The number of thioether (sulfide) groups is 1. The van der Waals surface area contributed by atoms with Gasteiger partial charge in [0.15, 0.2) is 18.1 Å². The van der Waals surface area contributed by atoms with E-state index in [2.05, 4.69) is 5.32 Å². The fraction of sp³-hybridized carbons (Fsp3) is 0.333. The number of benzene rings is 2. The normalized spacial score (nSPS) is 13.1. The minimum atomic E-state index is -0.209. The van der Waals surface area contributed by atoms with Crippen LogP contribution in [0.1, 0.15) is 24.2 Å². The Morgan fingerprint density at radius 1 is 1.18 bits per heavy atom. The molecule has 2 aromatic rings. The SMILES string of the molecule is COc1cc(C(=O)N2CCSc3ccccc32)ccc1OCC(=O)NC(C)C. The molecule has 0 bridgehead atoms. The maximum absolute atomic E-state index is 13.1. The minimum Gasteiger partial charge on any atom is -0.493 e. The molecule has 0 radical (unpaired) electrons. The van der Waals surface area contributed by atoms with Crippen molar-refractivity contribution in [1.82, 2.24) is 5.32 Å². The number of methoxy groups -OCH3 is 1. The summed E-state index contributed by atoms with van der Waals surface area (Å²) in [5, 5.41) is 2.76. The lowest BCUT2D eigenvalue weighted by Crippen LogP contribution is -2.35. The standard InChI is InChI=1S/C21H24N2O4S/c1-14(2)22-20(24)13-27-17-9-8-15(12-18(17)26-3)21(25)23-10-11-28-19-7-5-4-6-16(19)23/h4-9,12,14H,10-11,13H2,1-3H3,(H,22,24). The van der Waals surface area contributed by atoms with Crippen molar-refractivity contribution in [3.05, 3.63) is 48.0 Å². The number of amides is 2. The lowest BCUT2D eigenvalue weighted by Gasteiger charge is -2.29. The Bertz CT molecular complexity index is 869. The van der Waals surface area contributed by atoms with Gasteiger partial charge in [-0.05, 0) is 44.2 Å². The topological polar surface area (TPSA) is 67.9 Å². The molecule has 0 fully saturated rings. The van der Waals surface area contributed by atoms with Crippen LogP contribution in [0.5, 0.6) is 11.5 Å². The number of nitrogens with one attached hydrogen (secondary N) is 1. The summed E-state index contributed by atoms with van der Waals surface area (Å²) in [7, 11) is 1.51. The van der Waals surface area contributed by atoms with Gasteiger partial charge >= 0.3 is 0 Å². The monoisotopic (exact) mass is 400 g/mol. The summed E-state index contributed by atoms with van der Waals surface area (Å²) < 4.78 is 10.9. The van der Waals surface area contributed by atoms with E-state index in [4.69, 9.17) is 9.47 Å². The fourth-order valence-electron chi connectivity index (χ4n) is 2.96.